The Morgan fingerprint density at radius 3 is 2.22 bits per heavy atom. The van der Waals surface area contributed by atoms with Gasteiger partial charge in [-0.15, -0.1) is 6.58 Å². The van der Waals surface area contributed by atoms with E-state index < -0.39 is 36.0 Å². The molecule has 0 aliphatic carbocycles. The lowest BCUT2D eigenvalue weighted by Gasteiger charge is -2.25. The summed E-state index contributed by atoms with van der Waals surface area (Å²) in [5.41, 5.74) is -0.178. The zero-order chi connectivity index (χ0) is 24.9. The van der Waals surface area contributed by atoms with Crippen molar-refractivity contribution >= 4 is 34.9 Å². The molecule has 0 fully saturated rings. The van der Waals surface area contributed by atoms with Crippen LogP contribution in [0, 0.1) is 0 Å². The lowest BCUT2D eigenvalue weighted by atomic mass is 10.2. The predicted octanol–water partition coefficient (Wildman–Crippen LogP) is 4.94. The standard InChI is InChI=1S/C17H17ClF3NO5.C4H10O/c1-4-7-26-16(2,3)27-15(25)11-8-10(5-6-12(11)18)22-14(24)9-13(23)17(19,20)21;1-3-5-4-2/h4-6,8H,1,7,9H2,2-3H3,(H,22,24);3-4H2,1-2H3. The number of ether oxygens (including phenoxy) is 3. The second-order valence-electron chi connectivity index (χ2n) is 6.51. The lowest BCUT2D eigenvalue weighted by molar-refractivity contribution is -0.172. The van der Waals surface area contributed by atoms with Gasteiger partial charge in [-0.1, -0.05) is 17.7 Å². The van der Waals surface area contributed by atoms with Crippen LogP contribution in [-0.4, -0.2) is 49.4 Å². The van der Waals surface area contributed by atoms with Crippen molar-refractivity contribution in [3.05, 3.63) is 41.4 Å². The van der Waals surface area contributed by atoms with Crippen LogP contribution in [0.2, 0.25) is 5.02 Å². The molecule has 0 atom stereocenters. The van der Waals surface area contributed by atoms with Crippen molar-refractivity contribution in [3.8, 4) is 0 Å². The first-order chi connectivity index (χ1) is 14.8. The molecule has 0 heterocycles. The number of benzene rings is 1. The summed E-state index contributed by atoms with van der Waals surface area (Å²) in [6, 6.07) is 3.62. The second kappa shape index (κ2) is 13.9. The fourth-order valence-electron chi connectivity index (χ4n) is 1.98. The number of carbonyl (C=O) groups excluding carboxylic acids is 3. The van der Waals surface area contributed by atoms with Gasteiger partial charge in [-0.25, -0.2) is 4.79 Å². The number of anilines is 1. The van der Waals surface area contributed by atoms with Gasteiger partial charge >= 0.3 is 12.1 Å². The molecule has 0 bridgehead atoms. The fraction of sp³-hybridized carbons (Fsp3) is 0.476. The van der Waals surface area contributed by atoms with Crippen molar-refractivity contribution in [3.63, 3.8) is 0 Å². The number of nitrogens with one attached hydrogen (secondary N) is 1. The maximum absolute atomic E-state index is 12.3. The lowest BCUT2D eigenvalue weighted by Crippen LogP contribution is -2.31. The van der Waals surface area contributed by atoms with Gasteiger partial charge in [-0.05, 0) is 32.0 Å². The third-order valence-corrected chi connectivity index (χ3v) is 3.73. The van der Waals surface area contributed by atoms with E-state index in [1.807, 2.05) is 13.8 Å². The summed E-state index contributed by atoms with van der Waals surface area (Å²) >= 11 is 5.93. The highest BCUT2D eigenvalue weighted by atomic mass is 35.5. The van der Waals surface area contributed by atoms with Crippen LogP contribution in [0.25, 0.3) is 0 Å². The summed E-state index contributed by atoms with van der Waals surface area (Å²) in [4.78, 5) is 34.7. The number of hydrogen-bond acceptors (Lipinski definition) is 6. The first kappa shape index (κ1) is 29.6. The zero-order valence-corrected chi connectivity index (χ0v) is 19.1. The SMILES string of the molecule is C=CCOC(C)(C)OC(=O)c1cc(NC(=O)CC(=O)C(F)(F)F)ccc1Cl.CCOCC. The number of hydrogen-bond donors (Lipinski definition) is 1. The summed E-state index contributed by atoms with van der Waals surface area (Å²) in [6.07, 6.45) is -5.03. The van der Waals surface area contributed by atoms with Crippen LogP contribution in [0.4, 0.5) is 18.9 Å². The summed E-state index contributed by atoms with van der Waals surface area (Å²) in [5.74, 6) is -5.55. The number of carbonyl (C=O) groups is 3. The molecule has 1 aromatic rings. The first-order valence-corrected chi connectivity index (χ1v) is 9.90. The van der Waals surface area contributed by atoms with Crippen molar-refractivity contribution < 1.29 is 41.8 Å². The molecule has 1 amide bonds. The van der Waals surface area contributed by atoms with Gasteiger partial charge in [0.2, 0.25) is 17.5 Å². The molecule has 0 saturated carbocycles. The second-order valence-corrected chi connectivity index (χ2v) is 6.92. The molecule has 1 aromatic carbocycles. The minimum atomic E-state index is -5.11. The smallest absolute Gasteiger partial charge is 0.430 e. The van der Waals surface area contributed by atoms with E-state index in [0.29, 0.717) is 0 Å². The Labute approximate surface area is 189 Å². The molecule has 0 unspecified atom stereocenters. The van der Waals surface area contributed by atoms with Gasteiger partial charge in [0.25, 0.3) is 0 Å². The van der Waals surface area contributed by atoms with Crippen molar-refractivity contribution in [1.29, 1.82) is 0 Å². The third kappa shape index (κ3) is 11.8. The molecule has 0 aliphatic rings. The Hall–Kier alpha value is -2.43. The summed E-state index contributed by atoms with van der Waals surface area (Å²) in [5, 5.41) is 2.08. The number of amides is 1. The van der Waals surface area contributed by atoms with Crippen LogP contribution >= 0.6 is 11.6 Å². The molecule has 7 nitrogen and oxygen atoms in total. The number of esters is 1. The Balaban J connectivity index is 0.00000172. The molecule has 0 spiro atoms. The van der Waals surface area contributed by atoms with Crippen molar-refractivity contribution in [2.24, 2.45) is 0 Å². The van der Waals surface area contributed by atoms with Crippen LogP contribution in [0.1, 0.15) is 44.5 Å². The van der Waals surface area contributed by atoms with E-state index in [-0.39, 0.29) is 22.9 Å². The molecule has 32 heavy (non-hydrogen) atoms. The van der Waals surface area contributed by atoms with E-state index in [1.165, 1.54) is 32.1 Å². The van der Waals surface area contributed by atoms with E-state index in [4.69, 9.17) is 25.8 Å². The van der Waals surface area contributed by atoms with Crippen molar-refractivity contribution in [2.75, 3.05) is 25.1 Å². The minimum absolute atomic E-state index is 0.0103. The minimum Gasteiger partial charge on any atom is -0.430 e. The first-order valence-electron chi connectivity index (χ1n) is 9.52. The Morgan fingerprint density at radius 2 is 1.75 bits per heavy atom. The van der Waals surface area contributed by atoms with Gasteiger partial charge in [0.05, 0.1) is 23.6 Å². The summed E-state index contributed by atoms with van der Waals surface area (Å²) < 4.78 is 51.8. The number of ketones is 1. The topological polar surface area (TPSA) is 90.9 Å². The van der Waals surface area contributed by atoms with Crippen molar-refractivity contribution in [1.82, 2.24) is 0 Å². The van der Waals surface area contributed by atoms with Crippen LogP contribution < -0.4 is 5.32 Å². The summed E-state index contributed by atoms with van der Waals surface area (Å²) in [7, 11) is 0. The quantitative estimate of drug-likeness (QED) is 0.220. The Morgan fingerprint density at radius 1 is 1.16 bits per heavy atom. The molecule has 1 rings (SSSR count). The predicted molar refractivity (Wildman–Crippen MR) is 114 cm³/mol. The molecule has 11 heteroatoms. The average molecular weight is 482 g/mol. The van der Waals surface area contributed by atoms with E-state index in [1.54, 1.807) is 0 Å². The maximum Gasteiger partial charge on any atom is 0.450 e. The van der Waals surface area contributed by atoms with Crippen LogP contribution in [0.3, 0.4) is 0 Å². The molecular formula is C21H27ClF3NO6. The normalized spacial score (nSPS) is 11.1. The van der Waals surface area contributed by atoms with Crippen LogP contribution in [-0.2, 0) is 23.8 Å². The Bertz CT molecular complexity index is 794. The highest BCUT2D eigenvalue weighted by molar-refractivity contribution is 6.33. The third-order valence-electron chi connectivity index (χ3n) is 3.40. The van der Waals surface area contributed by atoms with E-state index >= 15 is 0 Å². The maximum atomic E-state index is 12.3. The molecule has 180 valence electrons. The van der Waals surface area contributed by atoms with Gasteiger partial charge in [-0.2, -0.15) is 13.2 Å². The number of halogens is 4. The monoisotopic (exact) mass is 481 g/mol. The van der Waals surface area contributed by atoms with Gasteiger partial charge < -0.3 is 19.5 Å². The van der Waals surface area contributed by atoms with Gasteiger partial charge in [0, 0.05) is 32.7 Å². The van der Waals surface area contributed by atoms with E-state index in [2.05, 4.69) is 11.9 Å². The fourth-order valence-corrected chi connectivity index (χ4v) is 2.18. The van der Waals surface area contributed by atoms with E-state index in [9.17, 15) is 27.6 Å². The molecule has 0 aromatic heterocycles. The highest BCUT2D eigenvalue weighted by Crippen LogP contribution is 2.24. The molecule has 0 saturated heterocycles. The van der Waals surface area contributed by atoms with Crippen LogP contribution in [0.15, 0.2) is 30.9 Å². The van der Waals surface area contributed by atoms with Gasteiger partial charge in [-0.3, -0.25) is 9.59 Å². The number of alkyl halides is 3. The largest absolute Gasteiger partial charge is 0.450 e. The van der Waals surface area contributed by atoms with Gasteiger partial charge in [0.1, 0.15) is 0 Å². The average Bonchev–Trinajstić information content (AvgIpc) is 2.67. The molecule has 0 aliphatic heterocycles. The molecular weight excluding hydrogens is 455 g/mol. The molecule has 0 radical (unpaired) electrons. The zero-order valence-electron chi connectivity index (χ0n) is 18.3. The van der Waals surface area contributed by atoms with Crippen molar-refractivity contribution in [2.45, 2.75) is 46.1 Å². The van der Waals surface area contributed by atoms with E-state index in [0.717, 1.165) is 19.3 Å². The Kier molecular flexibility index (Phi) is 12.8. The number of rotatable bonds is 10. The van der Waals surface area contributed by atoms with Crippen LogP contribution in [0.5, 0.6) is 0 Å². The summed E-state index contributed by atoms with van der Waals surface area (Å²) in [6.45, 7) is 12.2. The number of Topliss-reactive ketones (excluding diaryl/α,β-unsaturated/α-hetero) is 1. The van der Waals surface area contributed by atoms with Gasteiger partial charge in [0.15, 0.2) is 0 Å². The molecule has 1 N–H and O–H groups in total. The highest BCUT2D eigenvalue weighted by Gasteiger charge is 2.39.